The SMILES string of the molecule is CCCCCCCCCCCCCCCCCCN(C)CCCCCCCCCCCCCCCCCC.Cc1ccc(OB([O-])O)cc1.Cc1ccc(OB([O-])[O-])cc1.[Ru+3]. The average molecular weight is 938 g/mol. The Kier molecular flexibility index (Phi) is 48.6. The van der Waals surface area contributed by atoms with Gasteiger partial charge in [-0.1, -0.05) is 242 Å². The zero-order valence-electron chi connectivity index (χ0n) is 40.1. The molecule has 2 aromatic carbocycles. The van der Waals surface area contributed by atoms with Crippen LogP contribution in [0.25, 0.3) is 0 Å². The van der Waals surface area contributed by atoms with Gasteiger partial charge in [0.25, 0.3) is 0 Å². The largest absolute Gasteiger partial charge is 3.00 e. The van der Waals surface area contributed by atoms with Crippen LogP contribution < -0.4 is 24.4 Å². The summed E-state index contributed by atoms with van der Waals surface area (Å²) in [4.78, 5) is 2.59. The Labute approximate surface area is 391 Å². The van der Waals surface area contributed by atoms with Crippen LogP contribution in [0.4, 0.5) is 0 Å². The predicted octanol–water partition coefficient (Wildman–Crippen LogP) is 12.2. The zero-order valence-corrected chi connectivity index (χ0v) is 41.8. The Balaban J connectivity index is 0. The zero-order chi connectivity index (χ0) is 44.2. The topological polar surface area (TPSA) is 111 Å². The number of benzene rings is 2. The molecule has 7 nitrogen and oxygen atoms in total. The molecule has 0 bridgehead atoms. The molecule has 10 heteroatoms. The van der Waals surface area contributed by atoms with E-state index in [4.69, 9.17) is 5.02 Å². The fraction of sp³-hybridized carbons (Fsp3) is 0.765. The smallest absolute Gasteiger partial charge is 0.860 e. The minimum absolute atomic E-state index is 0. The van der Waals surface area contributed by atoms with Crippen LogP contribution in [0, 0.1) is 13.8 Å². The monoisotopic (exact) mass is 939 g/mol. The number of nitrogens with zero attached hydrogens (tertiary/aromatic N) is 1. The third kappa shape index (κ3) is 47.9. The molecule has 2 aromatic rings. The summed E-state index contributed by atoms with van der Waals surface area (Å²) >= 11 is 0. The van der Waals surface area contributed by atoms with Gasteiger partial charge >= 0.3 is 26.8 Å². The molecule has 61 heavy (non-hydrogen) atoms. The minimum Gasteiger partial charge on any atom is -0.860 e. The molecule has 0 aromatic heterocycles. The summed E-state index contributed by atoms with van der Waals surface area (Å²) in [6.07, 6.45) is 46.8. The average Bonchev–Trinajstić information content (AvgIpc) is 3.22. The van der Waals surface area contributed by atoms with Crippen molar-refractivity contribution >= 4 is 14.6 Å². The van der Waals surface area contributed by atoms with E-state index in [2.05, 4.69) is 35.1 Å². The molecular weight excluding hydrogens is 845 g/mol. The van der Waals surface area contributed by atoms with E-state index in [0.29, 0.717) is 11.5 Å². The van der Waals surface area contributed by atoms with Crippen molar-refractivity contribution in [3.63, 3.8) is 0 Å². The van der Waals surface area contributed by atoms with Crippen LogP contribution in [-0.2, 0) is 19.5 Å². The number of aryl methyl sites for hydroxylation is 2. The van der Waals surface area contributed by atoms with Crippen molar-refractivity contribution in [2.45, 2.75) is 233 Å². The van der Waals surface area contributed by atoms with Crippen LogP contribution in [0.2, 0.25) is 0 Å². The van der Waals surface area contributed by atoms with Crippen molar-refractivity contribution < 1.29 is 48.9 Å². The molecule has 1 radical (unpaired) electrons. The van der Waals surface area contributed by atoms with Crippen LogP contribution in [-0.4, -0.2) is 44.7 Å². The molecule has 0 saturated heterocycles. The fourth-order valence-corrected chi connectivity index (χ4v) is 7.43. The molecule has 0 saturated carbocycles. The summed E-state index contributed by atoms with van der Waals surface area (Å²) in [5.74, 6) is 0.712. The minimum atomic E-state index is -2.24. The first-order valence-corrected chi connectivity index (χ1v) is 25.0. The van der Waals surface area contributed by atoms with Crippen molar-refractivity contribution in [2.24, 2.45) is 0 Å². The van der Waals surface area contributed by atoms with Gasteiger partial charge in [0.05, 0.1) is 11.5 Å². The molecule has 0 spiro atoms. The molecule has 0 atom stereocenters. The second-order valence-electron chi connectivity index (χ2n) is 17.4. The molecule has 0 heterocycles. The van der Waals surface area contributed by atoms with E-state index in [-0.39, 0.29) is 19.5 Å². The standard InChI is InChI=1S/C37H77N.C7H8BO3.C7H7BO3.Ru/c1-4-6-8-10-12-14-16-18-20-22-24-26-28-30-32-34-36-38(3)37-35-33-31-29-27-25-23-21-19-17-15-13-11-9-7-5-2;2*1-6-2-4-7(5-3-6)11-8(9)10;/h4-37H2,1-3H3;2-5,9H,1H3;2-5H,1H3;/q;-1;-2;+3. The summed E-state index contributed by atoms with van der Waals surface area (Å²) in [6, 6.07) is 13.6. The Hall–Kier alpha value is -1.41. The van der Waals surface area contributed by atoms with Gasteiger partial charge in [0.2, 0.25) is 0 Å². The summed E-state index contributed by atoms with van der Waals surface area (Å²) in [6.45, 7) is 11.1. The van der Waals surface area contributed by atoms with Crippen molar-refractivity contribution in [1.82, 2.24) is 4.90 Å². The maximum absolute atomic E-state index is 10.1. The maximum Gasteiger partial charge on any atom is 3.00 e. The van der Waals surface area contributed by atoms with Crippen molar-refractivity contribution in [3.8, 4) is 11.5 Å². The van der Waals surface area contributed by atoms with Gasteiger partial charge in [-0.2, -0.15) is 0 Å². The quantitative estimate of drug-likeness (QED) is 0.0527. The van der Waals surface area contributed by atoms with E-state index in [1.807, 2.05) is 13.8 Å². The first-order valence-electron chi connectivity index (χ1n) is 25.0. The third-order valence-corrected chi connectivity index (χ3v) is 11.3. The van der Waals surface area contributed by atoms with Crippen LogP contribution in [0.3, 0.4) is 0 Å². The third-order valence-electron chi connectivity index (χ3n) is 11.3. The van der Waals surface area contributed by atoms with Gasteiger partial charge in [0, 0.05) is 0 Å². The van der Waals surface area contributed by atoms with Gasteiger partial charge in [0.15, 0.2) is 0 Å². The van der Waals surface area contributed by atoms with Gasteiger partial charge in [-0.25, -0.2) is 0 Å². The molecule has 0 fully saturated rings. The molecule has 2 rings (SSSR count). The number of unbranched alkanes of at least 4 members (excludes halogenated alkanes) is 30. The first-order chi connectivity index (χ1) is 29.2. The first kappa shape index (κ1) is 61.7. The predicted molar refractivity (Wildman–Crippen MR) is 254 cm³/mol. The summed E-state index contributed by atoms with van der Waals surface area (Å²) in [5.41, 5.74) is 2.14. The van der Waals surface area contributed by atoms with Gasteiger partial charge in [-0.05, 0) is 71.1 Å². The second kappa shape index (κ2) is 48.1. The number of hydrogen-bond donors (Lipinski definition) is 1. The van der Waals surface area contributed by atoms with E-state index in [9.17, 15) is 15.1 Å². The van der Waals surface area contributed by atoms with Gasteiger partial charge in [-0.15, -0.1) is 0 Å². The van der Waals surface area contributed by atoms with Crippen LogP contribution in [0.5, 0.6) is 11.5 Å². The van der Waals surface area contributed by atoms with Crippen LogP contribution in [0.1, 0.15) is 230 Å². The molecule has 0 aliphatic heterocycles. The maximum atomic E-state index is 10.1. The van der Waals surface area contributed by atoms with Gasteiger partial charge in [-0.3, -0.25) is 0 Å². The van der Waals surface area contributed by atoms with Crippen molar-refractivity contribution in [2.75, 3.05) is 20.1 Å². The molecule has 1 N–H and O–H groups in total. The van der Waals surface area contributed by atoms with Crippen LogP contribution in [0.15, 0.2) is 48.5 Å². The van der Waals surface area contributed by atoms with E-state index in [0.717, 1.165) is 11.1 Å². The van der Waals surface area contributed by atoms with Crippen LogP contribution >= 0.6 is 0 Å². The summed E-state index contributed by atoms with van der Waals surface area (Å²) in [5, 5.41) is 38.4. The Morgan fingerprint density at radius 2 is 0.639 bits per heavy atom. The van der Waals surface area contributed by atoms with E-state index in [1.54, 1.807) is 48.5 Å². The van der Waals surface area contributed by atoms with Crippen molar-refractivity contribution in [3.05, 3.63) is 59.7 Å². The van der Waals surface area contributed by atoms with Gasteiger partial charge < -0.3 is 34.3 Å². The molecule has 0 unspecified atom stereocenters. The normalized spacial score (nSPS) is 10.7. The molecule has 0 aliphatic carbocycles. The van der Waals surface area contributed by atoms with Crippen molar-refractivity contribution in [1.29, 1.82) is 0 Å². The van der Waals surface area contributed by atoms with E-state index >= 15 is 0 Å². The molecule has 0 amide bonds. The Bertz CT molecular complexity index is 1040. The van der Waals surface area contributed by atoms with E-state index in [1.165, 1.54) is 219 Å². The Morgan fingerprint density at radius 1 is 0.410 bits per heavy atom. The number of rotatable bonds is 38. The fourth-order valence-electron chi connectivity index (χ4n) is 7.43. The molecule has 0 aliphatic rings. The Morgan fingerprint density at radius 3 is 0.869 bits per heavy atom. The summed E-state index contributed by atoms with van der Waals surface area (Å²) < 4.78 is 8.83. The molecular formula is C51H92B2NO6Ru. The van der Waals surface area contributed by atoms with E-state index < -0.39 is 14.6 Å². The molecule has 351 valence electrons. The second-order valence-corrected chi connectivity index (χ2v) is 17.4. The van der Waals surface area contributed by atoms with Gasteiger partial charge in [0.1, 0.15) is 7.32 Å². The number of hydrogen-bond acceptors (Lipinski definition) is 7. The summed E-state index contributed by atoms with van der Waals surface area (Å²) in [7, 11) is -1.88.